The molecule has 1 rings (SSSR count). The molecule has 1 aliphatic heterocycles. The molecule has 0 aromatic carbocycles. The number of likely N-dealkylation sites (tertiary alicyclic amines) is 1. The molecule has 0 saturated carbocycles. The van der Waals surface area contributed by atoms with Crippen molar-refractivity contribution in [2.45, 2.75) is 45.4 Å². The van der Waals surface area contributed by atoms with E-state index in [-0.39, 0.29) is 11.6 Å². The van der Waals surface area contributed by atoms with E-state index in [2.05, 4.69) is 30.4 Å². The van der Waals surface area contributed by atoms with Crippen LogP contribution in [0.4, 0.5) is 8.78 Å². The quantitative estimate of drug-likeness (QED) is 0.666. The monoisotopic (exact) mass is 193 g/mol. The number of hydrogen-bond acceptors (Lipinski definition) is 2. The number of ether oxygens (including phenoxy) is 1. The second kappa shape index (κ2) is 3.88. The van der Waals surface area contributed by atoms with Crippen LogP contribution in [0.15, 0.2) is 0 Å². The van der Waals surface area contributed by atoms with E-state index < -0.39 is 6.61 Å². The first-order chi connectivity index (χ1) is 5.89. The molecule has 1 atom stereocenters. The minimum Gasteiger partial charge on any atom is -0.318 e. The second-order valence-corrected chi connectivity index (χ2v) is 4.42. The minimum absolute atomic E-state index is 0.0558. The first kappa shape index (κ1) is 10.9. The van der Waals surface area contributed by atoms with Gasteiger partial charge in [0.1, 0.15) is 0 Å². The highest BCUT2D eigenvalue weighted by Gasteiger charge is 2.31. The van der Waals surface area contributed by atoms with Gasteiger partial charge >= 0.3 is 6.61 Å². The summed E-state index contributed by atoms with van der Waals surface area (Å²) in [6.45, 7) is 5.08. The fraction of sp³-hybridized carbons (Fsp3) is 1.00. The standard InChI is InChI=1S/C9H17F2NO/c1-9(2,3)12-5-4-7(6-12)13-8(10)11/h7-8H,4-6H2,1-3H3/t7-/m1/s1. The van der Waals surface area contributed by atoms with Crippen LogP contribution in [0.25, 0.3) is 0 Å². The van der Waals surface area contributed by atoms with Gasteiger partial charge in [-0.3, -0.25) is 4.90 Å². The fourth-order valence-corrected chi connectivity index (χ4v) is 1.59. The van der Waals surface area contributed by atoms with E-state index in [0.29, 0.717) is 13.0 Å². The van der Waals surface area contributed by atoms with E-state index in [9.17, 15) is 8.78 Å². The van der Waals surface area contributed by atoms with Crippen molar-refractivity contribution in [2.24, 2.45) is 0 Å². The Morgan fingerprint density at radius 1 is 1.38 bits per heavy atom. The lowest BCUT2D eigenvalue weighted by Crippen LogP contribution is -2.40. The molecular formula is C9H17F2NO. The van der Waals surface area contributed by atoms with Crippen LogP contribution in [0.1, 0.15) is 27.2 Å². The molecule has 78 valence electrons. The van der Waals surface area contributed by atoms with Crippen LogP contribution in [0.2, 0.25) is 0 Å². The first-order valence-electron chi connectivity index (χ1n) is 4.58. The summed E-state index contributed by atoms with van der Waals surface area (Å²) in [7, 11) is 0. The van der Waals surface area contributed by atoms with Crippen molar-refractivity contribution in [3.8, 4) is 0 Å². The molecule has 1 saturated heterocycles. The average Bonchev–Trinajstić information content (AvgIpc) is 2.32. The topological polar surface area (TPSA) is 12.5 Å². The predicted octanol–water partition coefficient (Wildman–Crippen LogP) is 2.10. The van der Waals surface area contributed by atoms with E-state index in [1.165, 1.54) is 0 Å². The zero-order chi connectivity index (χ0) is 10.1. The molecule has 0 amide bonds. The molecular weight excluding hydrogens is 176 g/mol. The lowest BCUT2D eigenvalue weighted by molar-refractivity contribution is -0.159. The normalized spacial score (nSPS) is 25.8. The molecule has 0 spiro atoms. The molecule has 0 N–H and O–H groups in total. The summed E-state index contributed by atoms with van der Waals surface area (Å²) in [6, 6.07) is 0. The third-order valence-corrected chi connectivity index (χ3v) is 2.39. The van der Waals surface area contributed by atoms with E-state index >= 15 is 0 Å². The van der Waals surface area contributed by atoms with Gasteiger partial charge < -0.3 is 4.74 Å². The van der Waals surface area contributed by atoms with Gasteiger partial charge in [-0.1, -0.05) is 0 Å². The van der Waals surface area contributed by atoms with Crippen molar-refractivity contribution in [1.29, 1.82) is 0 Å². The molecule has 1 aliphatic rings. The lowest BCUT2D eigenvalue weighted by Gasteiger charge is -2.31. The van der Waals surface area contributed by atoms with Crippen LogP contribution in [0.5, 0.6) is 0 Å². The molecule has 4 heteroatoms. The number of alkyl halides is 2. The molecule has 0 unspecified atom stereocenters. The van der Waals surface area contributed by atoms with E-state index in [0.717, 1.165) is 6.54 Å². The van der Waals surface area contributed by atoms with Crippen LogP contribution < -0.4 is 0 Å². The molecule has 0 aromatic rings. The molecule has 2 nitrogen and oxygen atoms in total. The largest absolute Gasteiger partial charge is 0.345 e. The maximum atomic E-state index is 11.9. The van der Waals surface area contributed by atoms with Gasteiger partial charge in [0, 0.05) is 18.6 Å². The van der Waals surface area contributed by atoms with Crippen molar-refractivity contribution in [1.82, 2.24) is 4.90 Å². The molecule has 0 bridgehead atoms. The van der Waals surface area contributed by atoms with Gasteiger partial charge in [0.2, 0.25) is 0 Å². The Hall–Kier alpha value is -0.220. The Kier molecular flexibility index (Phi) is 3.24. The maximum Gasteiger partial charge on any atom is 0.345 e. The maximum absolute atomic E-state index is 11.9. The number of nitrogens with zero attached hydrogens (tertiary/aromatic N) is 1. The summed E-state index contributed by atoms with van der Waals surface area (Å²) < 4.78 is 28.2. The lowest BCUT2D eigenvalue weighted by atomic mass is 10.1. The van der Waals surface area contributed by atoms with Gasteiger partial charge in [0.15, 0.2) is 0 Å². The van der Waals surface area contributed by atoms with Crippen LogP contribution in [-0.2, 0) is 4.74 Å². The van der Waals surface area contributed by atoms with Crippen LogP contribution in [0.3, 0.4) is 0 Å². The second-order valence-electron chi connectivity index (χ2n) is 4.42. The predicted molar refractivity (Wildman–Crippen MR) is 46.8 cm³/mol. The van der Waals surface area contributed by atoms with Gasteiger partial charge in [0.05, 0.1) is 6.10 Å². The Morgan fingerprint density at radius 2 is 2.00 bits per heavy atom. The van der Waals surface area contributed by atoms with Gasteiger partial charge in [0.25, 0.3) is 0 Å². The fourth-order valence-electron chi connectivity index (χ4n) is 1.59. The highest BCUT2D eigenvalue weighted by molar-refractivity contribution is 4.85. The van der Waals surface area contributed by atoms with Crippen molar-refractivity contribution < 1.29 is 13.5 Å². The summed E-state index contributed by atoms with van der Waals surface area (Å²) >= 11 is 0. The van der Waals surface area contributed by atoms with Gasteiger partial charge in [-0.25, -0.2) is 0 Å². The molecule has 1 heterocycles. The smallest absolute Gasteiger partial charge is 0.318 e. The Morgan fingerprint density at radius 3 is 2.38 bits per heavy atom. The summed E-state index contributed by atoms with van der Waals surface area (Å²) in [5.41, 5.74) is 0.0558. The summed E-state index contributed by atoms with van der Waals surface area (Å²) in [5, 5.41) is 0. The van der Waals surface area contributed by atoms with Gasteiger partial charge in [-0.2, -0.15) is 8.78 Å². The summed E-state index contributed by atoms with van der Waals surface area (Å²) in [6.07, 6.45) is 0.418. The van der Waals surface area contributed by atoms with E-state index in [1.54, 1.807) is 0 Å². The van der Waals surface area contributed by atoms with E-state index in [4.69, 9.17) is 0 Å². The number of hydrogen-bond donors (Lipinski definition) is 0. The first-order valence-corrected chi connectivity index (χ1v) is 4.58. The minimum atomic E-state index is -2.63. The van der Waals surface area contributed by atoms with Gasteiger partial charge in [-0.15, -0.1) is 0 Å². The van der Waals surface area contributed by atoms with Crippen molar-refractivity contribution >= 4 is 0 Å². The van der Waals surface area contributed by atoms with Crippen molar-refractivity contribution in [2.75, 3.05) is 13.1 Å². The molecule has 0 radical (unpaired) electrons. The third kappa shape index (κ3) is 3.19. The van der Waals surface area contributed by atoms with Crippen LogP contribution in [-0.4, -0.2) is 36.2 Å². The molecule has 0 aliphatic carbocycles. The molecule has 0 aromatic heterocycles. The summed E-state index contributed by atoms with van der Waals surface area (Å²) in [4.78, 5) is 2.17. The van der Waals surface area contributed by atoms with E-state index in [1.807, 2.05) is 0 Å². The molecule has 13 heavy (non-hydrogen) atoms. The number of rotatable bonds is 2. The zero-order valence-corrected chi connectivity index (χ0v) is 8.39. The van der Waals surface area contributed by atoms with Gasteiger partial charge in [-0.05, 0) is 27.2 Å². The SMILES string of the molecule is CC(C)(C)N1CC[C@@H](OC(F)F)C1. The highest BCUT2D eigenvalue weighted by Crippen LogP contribution is 2.23. The Bertz CT molecular complexity index is 167. The Balaban J connectivity index is 2.36. The molecule has 1 fully saturated rings. The number of halogens is 2. The average molecular weight is 193 g/mol. The van der Waals surface area contributed by atoms with Crippen LogP contribution >= 0.6 is 0 Å². The Labute approximate surface area is 77.9 Å². The summed E-state index contributed by atoms with van der Waals surface area (Å²) in [5.74, 6) is 0. The van der Waals surface area contributed by atoms with Crippen LogP contribution in [0, 0.1) is 0 Å². The highest BCUT2D eigenvalue weighted by atomic mass is 19.3. The zero-order valence-electron chi connectivity index (χ0n) is 8.39. The third-order valence-electron chi connectivity index (χ3n) is 2.39. The van der Waals surface area contributed by atoms with Crippen molar-refractivity contribution in [3.63, 3.8) is 0 Å². The van der Waals surface area contributed by atoms with Crippen molar-refractivity contribution in [3.05, 3.63) is 0 Å².